The van der Waals surface area contributed by atoms with E-state index < -0.39 is 0 Å². The summed E-state index contributed by atoms with van der Waals surface area (Å²) in [6, 6.07) is 18.6. The quantitative estimate of drug-likeness (QED) is 0.714. The van der Waals surface area contributed by atoms with Gasteiger partial charge in [0, 0.05) is 11.9 Å². The van der Waals surface area contributed by atoms with Gasteiger partial charge in [0.2, 0.25) is 0 Å². The van der Waals surface area contributed by atoms with Gasteiger partial charge in [-0.2, -0.15) is 10.2 Å². The molecular weight excluding hydrogens is 246 g/mol. The maximum absolute atomic E-state index is 4.13. The van der Waals surface area contributed by atoms with Crippen molar-refractivity contribution in [2.24, 2.45) is 0 Å². The van der Waals surface area contributed by atoms with E-state index in [1.54, 1.807) is 6.20 Å². The van der Waals surface area contributed by atoms with E-state index in [1.807, 2.05) is 18.2 Å². The highest BCUT2D eigenvalue weighted by molar-refractivity contribution is 5.90. The molecule has 1 heterocycles. The van der Waals surface area contributed by atoms with Crippen molar-refractivity contribution in [1.29, 1.82) is 0 Å². The van der Waals surface area contributed by atoms with Gasteiger partial charge in [-0.15, -0.1) is 0 Å². The summed E-state index contributed by atoms with van der Waals surface area (Å²) in [7, 11) is 0. The van der Waals surface area contributed by atoms with Crippen LogP contribution in [0.2, 0.25) is 0 Å². The zero-order valence-corrected chi connectivity index (χ0v) is 11.3. The number of benzene rings is 2. The molecule has 0 fully saturated rings. The minimum Gasteiger partial charge on any atom is -0.383 e. The van der Waals surface area contributed by atoms with E-state index in [-0.39, 0.29) is 0 Å². The summed E-state index contributed by atoms with van der Waals surface area (Å²) in [6.07, 6.45) is 3.98. The molecule has 0 atom stereocenters. The van der Waals surface area contributed by atoms with E-state index in [0.717, 1.165) is 36.0 Å². The van der Waals surface area contributed by atoms with Crippen LogP contribution in [0.5, 0.6) is 0 Å². The van der Waals surface area contributed by atoms with Crippen molar-refractivity contribution in [3.8, 4) is 0 Å². The van der Waals surface area contributed by atoms with E-state index in [4.69, 9.17) is 0 Å². The highest BCUT2D eigenvalue weighted by Gasteiger charge is 2.01. The third-order valence-electron chi connectivity index (χ3n) is 3.35. The predicted octanol–water partition coefficient (Wildman–Crippen LogP) is 3.67. The van der Waals surface area contributed by atoms with Crippen molar-refractivity contribution >= 4 is 16.6 Å². The first-order chi connectivity index (χ1) is 9.93. The molecular formula is C17H17N3. The van der Waals surface area contributed by atoms with Crippen LogP contribution < -0.4 is 5.32 Å². The first kappa shape index (κ1) is 12.6. The average Bonchev–Trinajstić information content (AvgIpc) is 2.53. The maximum Gasteiger partial charge on any atom is 0.0950 e. The fraction of sp³-hybridized carbons (Fsp3) is 0.176. The van der Waals surface area contributed by atoms with Gasteiger partial charge >= 0.3 is 0 Å². The molecule has 0 saturated heterocycles. The molecule has 1 N–H and O–H groups in total. The van der Waals surface area contributed by atoms with Crippen molar-refractivity contribution < 1.29 is 0 Å². The molecule has 0 unspecified atom stereocenters. The Morgan fingerprint density at radius 1 is 0.900 bits per heavy atom. The Morgan fingerprint density at radius 2 is 1.70 bits per heavy atom. The molecule has 100 valence electrons. The normalized spacial score (nSPS) is 10.6. The van der Waals surface area contributed by atoms with Crippen LogP contribution in [0.1, 0.15) is 12.0 Å². The van der Waals surface area contributed by atoms with E-state index >= 15 is 0 Å². The van der Waals surface area contributed by atoms with Crippen LogP contribution in [0.4, 0.5) is 5.69 Å². The van der Waals surface area contributed by atoms with Gasteiger partial charge in [-0.1, -0.05) is 48.5 Å². The number of anilines is 1. The summed E-state index contributed by atoms with van der Waals surface area (Å²) in [5, 5.41) is 12.7. The summed E-state index contributed by atoms with van der Waals surface area (Å²) in [5.74, 6) is 0. The predicted molar refractivity (Wildman–Crippen MR) is 82.8 cm³/mol. The molecule has 0 bridgehead atoms. The fourth-order valence-electron chi connectivity index (χ4n) is 2.31. The van der Waals surface area contributed by atoms with Crippen molar-refractivity contribution in [1.82, 2.24) is 10.2 Å². The second kappa shape index (κ2) is 6.15. The summed E-state index contributed by atoms with van der Waals surface area (Å²) < 4.78 is 0. The summed E-state index contributed by atoms with van der Waals surface area (Å²) >= 11 is 0. The molecule has 20 heavy (non-hydrogen) atoms. The van der Waals surface area contributed by atoms with Crippen molar-refractivity contribution in [2.45, 2.75) is 12.8 Å². The molecule has 0 aliphatic heterocycles. The van der Waals surface area contributed by atoms with Gasteiger partial charge in [0.05, 0.1) is 17.4 Å². The average molecular weight is 263 g/mol. The molecule has 0 aliphatic rings. The Morgan fingerprint density at radius 3 is 2.60 bits per heavy atom. The summed E-state index contributed by atoms with van der Waals surface area (Å²) in [6.45, 7) is 0.935. The zero-order valence-electron chi connectivity index (χ0n) is 11.3. The molecule has 3 heteroatoms. The monoisotopic (exact) mass is 263 g/mol. The third kappa shape index (κ3) is 2.94. The minimum atomic E-state index is 0.931. The number of hydrogen-bond donors (Lipinski definition) is 1. The number of nitrogens with zero attached hydrogens (tertiary/aromatic N) is 2. The lowest BCUT2D eigenvalue weighted by Crippen LogP contribution is -2.04. The van der Waals surface area contributed by atoms with Crippen LogP contribution >= 0.6 is 0 Å². The van der Waals surface area contributed by atoms with Crippen LogP contribution in [-0.4, -0.2) is 16.7 Å². The molecule has 0 amide bonds. The topological polar surface area (TPSA) is 37.8 Å². The molecule has 0 saturated carbocycles. The number of nitrogens with one attached hydrogen (secondary N) is 1. The van der Waals surface area contributed by atoms with Gasteiger partial charge in [-0.05, 0) is 24.5 Å². The second-order valence-electron chi connectivity index (χ2n) is 4.79. The summed E-state index contributed by atoms with van der Waals surface area (Å²) in [4.78, 5) is 0. The smallest absolute Gasteiger partial charge is 0.0950 e. The number of hydrogen-bond acceptors (Lipinski definition) is 3. The Hall–Kier alpha value is -2.42. The molecule has 1 aromatic heterocycles. The first-order valence-corrected chi connectivity index (χ1v) is 6.92. The number of rotatable bonds is 5. The molecule has 3 rings (SSSR count). The molecule has 0 radical (unpaired) electrons. The molecule has 0 aliphatic carbocycles. The van der Waals surface area contributed by atoms with Crippen LogP contribution in [0.3, 0.4) is 0 Å². The zero-order chi connectivity index (χ0) is 13.6. The summed E-state index contributed by atoms with van der Waals surface area (Å²) in [5.41, 5.74) is 3.37. The molecule has 2 aromatic carbocycles. The number of aryl methyl sites for hydroxylation is 1. The number of aromatic nitrogens is 2. The highest BCUT2D eigenvalue weighted by Crippen LogP contribution is 2.19. The van der Waals surface area contributed by atoms with Crippen LogP contribution in [0, 0.1) is 0 Å². The SMILES string of the molecule is c1ccc(CCCNc2cnnc3ccccc23)cc1. The second-order valence-corrected chi connectivity index (χ2v) is 4.79. The van der Waals surface area contributed by atoms with Crippen LogP contribution in [0.25, 0.3) is 10.9 Å². The Bertz CT molecular complexity index is 675. The van der Waals surface area contributed by atoms with Crippen molar-refractivity contribution in [3.63, 3.8) is 0 Å². The highest BCUT2D eigenvalue weighted by atomic mass is 15.1. The third-order valence-corrected chi connectivity index (χ3v) is 3.35. The standard InChI is InChI=1S/C17H17N3/c1-2-7-14(8-3-1)9-6-12-18-17-13-19-20-16-11-5-4-10-15(16)17/h1-5,7-8,10-11,13H,6,9,12H2,(H,18,20). The van der Waals surface area contributed by atoms with E-state index in [9.17, 15) is 0 Å². The van der Waals surface area contributed by atoms with E-state index in [1.165, 1.54) is 5.56 Å². The van der Waals surface area contributed by atoms with Gasteiger partial charge in [-0.3, -0.25) is 0 Å². The van der Waals surface area contributed by atoms with E-state index in [2.05, 4.69) is 51.9 Å². The minimum absolute atomic E-state index is 0.931. The lowest BCUT2D eigenvalue weighted by Gasteiger charge is -2.08. The molecule has 0 spiro atoms. The van der Waals surface area contributed by atoms with Gasteiger partial charge in [-0.25, -0.2) is 0 Å². The lowest BCUT2D eigenvalue weighted by molar-refractivity contribution is 0.862. The van der Waals surface area contributed by atoms with Crippen molar-refractivity contribution in [3.05, 3.63) is 66.4 Å². The van der Waals surface area contributed by atoms with Gasteiger partial charge in [0.15, 0.2) is 0 Å². The first-order valence-electron chi connectivity index (χ1n) is 6.92. The number of fused-ring (bicyclic) bond motifs is 1. The largest absolute Gasteiger partial charge is 0.383 e. The van der Waals surface area contributed by atoms with Crippen LogP contribution in [0.15, 0.2) is 60.8 Å². The van der Waals surface area contributed by atoms with Gasteiger partial charge in [0.1, 0.15) is 0 Å². The molecule has 3 nitrogen and oxygen atoms in total. The Balaban J connectivity index is 1.60. The maximum atomic E-state index is 4.13. The molecule has 3 aromatic rings. The van der Waals surface area contributed by atoms with E-state index in [0.29, 0.717) is 0 Å². The van der Waals surface area contributed by atoms with Crippen LogP contribution in [-0.2, 0) is 6.42 Å². The van der Waals surface area contributed by atoms with Gasteiger partial charge < -0.3 is 5.32 Å². The lowest BCUT2D eigenvalue weighted by atomic mass is 10.1. The fourth-order valence-corrected chi connectivity index (χ4v) is 2.31. The Labute approximate surface area is 118 Å². The Kier molecular flexibility index (Phi) is 3.88. The van der Waals surface area contributed by atoms with Gasteiger partial charge in [0.25, 0.3) is 0 Å². The van der Waals surface area contributed by atoms with Crippen molar-refractivity contribution in [2.75, 3.05) is 11.9 Å².